The standard InChI is InChI=1S/C14H17N3OS/c1-9-6-7-13(19-9)14(18)16-11-4-3-5-12-10(11)8-15-17(12)2/h6-8,11H,3-5H2,1-2H3,(H,16,18). The third kappa shape index (κ3) is 2.30. The molecule has 2 heterocycles. The van der Waals surface area contributed by atoms with Gasteiger partial charge < -0.3 is 5.32 Å². The van der Waals surface area contributed by atoms with E-state index >= 15 is 0 Å². The molecule has 0 saturated carbocycles. The Morgan fingerprint density at radius 2 is 2.37 bits per heavy atom. The fourth-order valence-corrected chi connectivity index (χ4v) is 3.41. The zero-order chi connectivity index (χ0) is 13.4. The molecule has 2 aromatic rings. The van der Waals surface area contributed by atoms with Crippen molar-refractivity contribution in [2.45, 2.75) is 32.2 Å². The van der Waals surface area contributed by atoms with Crippen LogP contribution in [0.3, 0.4) is 0 Å². The van der Waals surface area contributed by atoms with Gasteiger partial charge in [-0.15, -0.1) is 11.3 Å². The van der Waals surface area contributed by atoms with E-state index in [1.165, 1.54) is 22.6 Å². The quantitative estimate of drug-likeness (QED) is 0.915. The first kappa shape index (κ1) is 12.4. The molecule has 1 aliphatic carbocycles. The predicted molar refractivity (Wildman–Crippen MR) is 75.4 cm³/mol. The summed E-state index contributed by atoms with van der Waals surface area (Å²) in [5.41, 5.74) is 2.43. The van der Waals surface area contributed by atoms with Gasteiger partial charge in [-0.05, 0) is 38.3 Å². The second-order valence-electron chi connectivity index (χ2n) is 5.00. The number of fused-ring (bicyclic) bond motifs is 1. The lowest BCUT2D eigenvalue weighted by molar-refractivity contribution is 0.0937. The minimum absolute atomic E-state index is 0.0276. The normalized spacial score (nSPS) is 18.1. The monoisotopic (exact) mass is 275 g/mol. The van der Waals surface area contributed by atoms with Crippen molar-refractivity contribution < 1.29 is 4.79 Å². The van der Waals surface area contributed by atoms with Gasteiger partial charge in [0, 0.05) is 23.2 Å². The number of thiophene rings is 1. The van der Waals surface area contributed by atoms with E-state index in [0.29, 0.717) is 0 Å². The first-order valence-electron chi connectivity index (χ1n) is 6.53. The largest absolute Gasteiger partial charge is 0.344 e. The van der Waals surface area contributed by atoms with Crippen LogP contribution in [-0.2, 0) is 13.5 Å². The number of rotatable bonds is 2. The highest BCUT2D eigenvalue weighted by atomic mass is 32.1. The molecule has 1 amide bonds. The van der Waals surface area contributed by atoms with Gasteiger partial charge in [-0.25, -0.2) is 0 Å². The molecule has 100 valence electrons. The Labute approximate surface area is 116 Å². The Morgan fingerprint density at radius 1 is 1.53 bits per heavy atom. The topological polar surface area (TPSA) is 46.9 Å². The van der Waals surface area contributed by atoms with Crippen LogP contribution in [0.1, 0.15) is 44.7 Å². The summed E-state index contributed by atoms with van der Waals surface area (Å²) in [5, 5.41) is 7.44. The lowest BCUT2D eigenvalue weighted by atomic mass is 9.93. The van der Waals surface area contributed by atoms with Crippen molar-refractivity contribution in [1.29, 1.82) is 0 Å². The highest BCUT2D eigenvalue weighted by Gasteiger charge is 2.25. The summed E-state index contributed by atoms with van der Waals surface area (Å²) in [7, 11) is 1.96. The zero-order valence-electron chi connectivity index (χ0n) is 11.1. The van der Waals surface area contributed by atoms with Crippen LogP contribution in [0.5, 0.6) is 0 Å². The average molecular weight is 275 g/mol. The third-order valence-electron chi connectivity index (χ3n) is 3.65. The van der Waals surface area contributed by atoms with Crippen LogP contribution in [0.2, 0.25) is 0 Å². The van der Waals surface area contributed by atoms with Crippen molar-refractivity contribution >= 4 is 17.2 Å². The molecule has 3 rings (SSSR count). The molecule has 1 unspecified atom stereocenters. The van der Waals surface area contributed by atoms with Gasteiger partial charge in [0.15, 0.2) is 0 Å². The summed E-state index contributed by atoms with van der Waals surface area (Å²) in [6, 6.07) is 3.98. The van der Waals surface area contributed by atoms with Gasteiger partial charge in [0.05, 0.1) is 17.1 Å². The van der Waals surface area contributed by atoms with Crippen molar-refractivity contribution in [3.05, 3.63) is 39.3 Å². The number of nitrogens with zero attached hydrogens (tertiary/aromatic N) is 2. The Hall–Kier alpha value is -1.62. The Balaban J connectivity index is 1.79. The average Bonchev–Trinajstić information content (AvgIpc) is 2.98. The molecule has 0 spiro atoms. The van der Waals surface area contributed by atoms with Crippen molar-refractivity contribution in [1.82, 2.24) is 15.1 Å². The van der Waals surface area contributed by atoms with Crippen LogP contribution in [0.4, 0.5) is 0 Å². The molecule has 0 fully saturated rings. The van der Waals surface area contributed by atoms with Gasteiger partial charge in [-0.2, -0.15) is 5.10 Å². The first-order chi connectivity index (χ1) is 9.15. The van der Waals surface area contributed by atoms with E-state index in [4.69, 9.17) is 0 Å². The molecule has 5 heteroatoms. The maximum absolute atomic E-state index is 12.2. The number of amides is 1. The minimum Gasteiger partial charge on any atom is -0.344 e. The highest BCUT2D eigenvalue weighted by molar-refractivity contribution is 7.13. The van der Waals surface area contributed by atoms with Gasteiger partial charge in [-0.3, -0.25) is 9.48 Å². The Kier molecular flexibility index (Phi) is 3.14. The highest BCUT2D eigenvalue weighted by Crippen LogP contribution is 2.29. The van der Waals surface area contributed by atoms with Crippen LogP contribution in [0.15, 0.2) is 18.3 Å². The van der Waals surface area contributed by atoms with E-state index in [2.05, 4.69) is 10.4 Å². The molecule has 2 aromatic heterocycles. The number of carbonyl (C=O) groups is 1. The minimum atomic E-state index is 0.0276. The number of carbonyl (C=O) groups excluding carboxylic acids is 1. The number of aryl methyl sites for hydroxylation is 2. The molecular weight excluding hydrogens is 258 g/mol. The smallest absolute Gasteiger partial charge is 0.261 e. The predicted octanol–water partition coefficient (Wildman–Crippen LogP) is 2.60. The van der Waals surface area contributed by atoms with E-state index < -0.39 is 0 Å². The second-order valence-corrected chi connectivity index (χ2v) is 6.29. The molecule has 0 bridgehead atoms. The molecule has 1 aliphatic rings. The van der Waals surface area contributed by atoms with Gasteiger partial charge >= 0.3 is 0 Å². The molecule has 1 atom stereocenters. The molecule has 0 saturated heterocycles. The molecule has 1 N–H and O–H groups in total. The number of nitrogens with one attached hydrogen (secondary N) is 1. The van der Waals surface area contributed by atoms with Crippen molar-refractivity contribution in [3.63, 3.8) is 0 Å². The number of hydrogen-bond acceptors (Lipinski definition) is 3. The van der Waals surface area contributed by atoms with Gasteiger partial charge in [-0.1, -0.05) is 0 Å². The molecule has 4 nitrogen and oxygen atoms in total. The summed E-state index contributed by atoms with van der Waals surface area (Å²) in [6.07, 6.45) is 5.03. The van der Waals surface area contributed by atoms with E-state index in [0.717, 1.165) is 29.0 Å². The lowest BCUT2D eigenvalue weighted by Gasteiger charge is -2.23. The summed E-state index contributed by atoms with van der Waals surface area (Å²) in [5.74, 6) is 0.0276. The summed E-state index contributed by atoms with van der Waals surface area (Å²) < 4.78 is 1.92. The van der Waals surface area contributed by atoms with Crippen molar-refractivity contribution in [2.75, 3.05) is 0 Å². The fourth-order valence-electron chi connectivity index (χ4n) is 2.64. The third-order valence-corrected chi connectivity index (χ3v) is 4.64. The second kappa shape index (κ2) is 4.81. The van der Waals surface area contributed by atoms with Crippen LogP contribution >= 0.6 is 11.3 Å². The SMILES string of the molecule is Cc1ccc(C(=O)NC2CCCc3c2cnn3C)s1. The molecule has 0 aromatic carbocycles. The van der Waals surface area contributed by atoms with Gasteiger partial charge in [0.1, 0.15) is 0 Å². The Bertz CT molecular complexity index is 614. The number of hydrogen-bond donors (Lipinski definition) is 1. The maximum Gasteiger partial charge on any atom is 0.261 e. The first-order valence-corrected chi connectivity index (χ1v) is 7.35. The van der Waals surface area contributed by atoms with E-state index in [-0.39, 0.29) is 11.9 Å². The van der Waals surface area contributed by atoms with Gasteiger partial charge in [0.2, 0.25) is 0 Å². The van der Waals surface area contributed by atoms with Crippen LogP contribution < -0.4 is 5.32 Å². The zero-order valence-corrected chi connectivity index (χ0v) is 12.0. The molecule has 19 heavy (non-hydrogen) atoms. The fraction of sp³-hybridized carbons (Fsp3) is 0.429. The van der Waals surface area contributed by atoms with E-state index in [1.807, 2.05) is 37.0 Å². The van der Waals surface area contributed by atoms with Crippen LogP contribution in [0, 0.1) is 6.92 Å². The van der Waals surface area contributed by atoms with E-state index in [1.54, 1.807) is 0 Å². The summed E-state index contributed by atoms with van der Waals surface area (Å²) >= 11 is 1.54. The number of aromatic nitrogens is 2. The summed E-state index contributed by atoms with van der Waals surface area (Å²) in [6.45, 7) is 2.02. The van der Waals surface area contributed by atoms with E-state index in [9.17, 15) is 4.79 Å². The maximum atomic E-state index is 12.2. The van der Waals surface area contributed by atoms with Crippen LogP contribution in [0.25, 0.3) is 0 Å². The molecule has 0 radical (unpaired) electrons. The molecular formula is C14H17N3OS. The van der Waals surface area contributed by atoms with Crippen molar-refractivity contribution in [3.8, 4) is 0 Å². The van der Waals surface area contributed by atoms with Crippen LogP contribution in [-0.4, -0.2) is 15.7 Å². The molecule has 0 aliphatic heterocycles. The summed E-state index contributed by atoms with van der Waals surface area (Å²) in [4.78, 5) is 14.2. The van der Waals surface area contributed by atoms with Crippen molar-refractivity contribution in [2.24, 2.45) is 7.05 Å². The van der Waals surface area contributed by atoms with Gasteiger partial charge in [0.25, 0.3) is 5.91 Å². The lowest BCUT2D eigenvalue weighted by Crippen LogP contribution is -2.30. The Morgan fingerprint density at radius 3 is 3.11 bits per heavy atom.